The molecule has 2 aliphatic rings. The van der Waals surface area contributed by atoms with Gasteiger partial charge in [0.05, 0.1) is 18.3 Å². The molecule has 232 valence electrons. The molecule has 4 aromatic rings. The standard InChI is InChI=1S/C25H30N12O5S2/c1-13-6-18-19(10-27-13)43-24(30-18)25(39)37-5-4-36(12-16(37)9-21(38)28-11-20-31-34-35-32-20)44(41,42)22-8-15-7-14(23(26)33-40)2-3-17(15)29-22/h2-3,7-8,13,16,27,29,40H,4-6,9-12H2,1H3,(H2,26,33)(H,28,38)(H,31,32,34,35). The highest BCUT2D eigenvalue weighted by molar-refractivity contribution is 7.89. The predicted octanol–water partition coefficient (Wildman–Crippen LogP) is -0.512. The van der Waals surface area contributed by atoms with Crippen LogP contribution >= 0.6 is 11.3 Å². The van der Waals surface area contributed by atoms with Gasteiger partial charge in [0.25, 0.3) is 15.9 Å². The Hall–Kier alpha value is -4.46. The lowest BCUT2D eigenvalue weighted by Gasteiger charge is -2.40. The Morgan fingerprint density at radius 2 is 2.11 bits per heavy atom. The summed E-state index contributed by atoms with van der Waals surface area (Å²) in [5.41, 5.74) is 7.55. The Bertz CT molecular complexity index is 1830. The van der Waals surface area contributed by atoms with Crippen molar-refractivity contribution in [2.24, 2.45) is 10.9 Å². The Balaban J connectivity index is 1.25. The number of amides is 2. The summed E-state index contributed by atoms with van der Waals surface area (Å²) >= 11 is 1.32. The largest absolute Gasteiger partial charge is 0.409 e. The monoisotopic (exact) mass is 642 g/mol. The summed E-state index contributed by atoms with van der Waals surface area (Å²) in [6.45, 7) is 2.67. The third-order valence-corrected chi connectivity index (χ3v) is 10.5. The van der Waals surface area contributed by atoms with Gasteiger partial charge in [0.15, 0.2) is 16.7 Å². The fraction of sp³-hybridized carbons (Fsp3) is 0.400. The van der Waals surface area contributed by atoms with Gasteiger partial charge in [-0.25, -0.2) is 13.4 Å². The van der Waals surface area contributed by atoms with Gasteiger partial charge in [0.1, 0.15) is 5.03 Å². The summed E-state index contributed by atoms with van der Waals surface area (Å²) in [7, 11) is -4.06. The van der Waals surface area contributed by atoms with Crippen LogP contribution in [-0.2, 0) is 34.3 Å². The molecule has 1 saturated heterocycles. The van der Waals surface area contributed by atoms with Crippen LogP contribution in [0.15, 0.2) is 34.4 Å². The molecule has 3 aromatic heterocycles. The lowest BCUT2D eigenvalue weighted by Crippen LogP contribution is -2.57. The number of aromatic amines is 2. The van der Waals surface area contributed by atoms with E-state index in [0.29, 0.717) is 34.4 Å². The van der Waals surface area contributed by atoms with Crippen molar-refractivity contribution in [3.05, 3.63) is 51.2 Å². The molecule has 2 atom stereocenters. The number of tetrazole rings is 1. The first-order chi connectivity index (χ1) is 21.1. The highest BCUT2D eigenvalue weighted by atomic mass is 32.2. The smallest absolute Gasteiger partial charge is 0.283 e. The SMILES string of the molecule is CC1Cc2nc(C(=O)N3CCN(S(=O)(=O)c4cc5cc(/C(N)=N/O)ccc5[nH]4)CC3CC(=O)NCc3nn[nH]n3)sc2CN1. The van der Waals surface area contributed by atoms with E-state index < -0.39 is 22.0 Å². The maximum absolute atomic E-state index is 13.8. The van der Waals surface area contributed by atoms with Gasteiger partial charge in [-0.2, -0.15) is 9.52 Å². The Morgan fingerprint density at radius 3 is 2.89 bits per heavy atom. The normalized spacial score (nSPS) is 19.7. The second kappa shape index (κ2) is 11.9. The third kappa shape index (κ3) is 5.85. The molecule has 0 aliphatic carbocycles. The molecular weight excluding hydrogens is 612 g/mol. The van der Waals surface area contributed by atoms with E-state index in [1.807, 2.05) is 0 Å². The average molecular weight is 643 g/mol. The molecular formula is C25H30N12O5S2. The number of carbonyl (C=O) groups excluding carboxylic acids is 2. The minimum atomic E-state index is -4.06. The second-order valence-corrected chi connectivity index (χ2v) is 13.6. The minimum absolute atomic E-state index is 0.0173. The van der Waals surface area contributed by atoms with Crippen LogP contribution in [0.3, 0.4) is 0 Å². The molecule has 1 fully saturated rings. The number of nitrogens with one attached hydrogen (secondary N) is 4. The summed E-state index contributed by atoms with van der Waals surface area (Å²) in [6, 6.07) is 5.79. The molecule has 2 unspecified atom stereocenters. The van der Waals surface area contributed by atoms with Gasteiger partial charge in [0, 0.05) is 66.4 Å². The molecule has 0 saturated carbocycles. The number of benzene rings is 1. The molecule has 0 spiro atoms. The van der Waals surface area contributed by atoms with Crippen LogP contribution in [0.4, 0.5) is 0 Å². The van der Waals surface area contributed by atoms with Crippen LogP contribution in [0.1, 0.15) is 45.1 Å². The van der Waals surface area contributed by atoms with Gasteiger partial charge in [-0.15, -0.1) is 21.5 Å². The van der Waals surface area contributed by atoms with Gasteiger partial charge in [-0.05, 0) is 31.2 Å². The van der Waals surface area contributed by atoms with Crippen molar-refractivity contribution in [3.63, 3.8) is 0 Å². The van der Waals surface area contributed by atoms with Gasteiger partial charge in [-0.3, -0.25) is 9.59 Å². The number of amidine groups is 1. The van der Waals surface area contributed by atoms with Crippen LogP contribution in [0.2, 0.25) is 0 Å². The van der Waals surface area contributed by atoms with E-state index in [0.717, 1.165) is 10.6 Å². The van der Waals surface area contributed by atoms with E-state index in [-0.39, 0.29) is 61.2 Å². The van der Waals surface area contributed by atoms with Crippen LogP contribution in [0.25, 0.3) is 10.9 Å². The molecule has 0 bridgehead atoms. The van der Waals surface area contributed by atoms with E-state index in [1.165, 1.54) is 26.6 Å². The molecule has 1 aromatic carbocycles. The van der Waals surface area contributed by atoms with E-state index in [1.54, 1.807) is 18.2 Å². The summed E-state index contributed by atoms with van der Waals surface area (Å²) < 4.78 is 28.9. The highest BCUT2D eigenvalue weighted by Gasteiger charge is 2.39. The van der Waals surface area contributed by atoms with Crippen molar-refractivity contribution in [1.82, 2.24) is 50.4 Å². The Labute approximate surface area is 254 Å². The van der Waals surface area contributed by atoms with Crippen LogP contribution in [0.5, 0.6) is 0 Å². The maximum Gasteiger partial charge on any atom is 0.283 e. The number of nitrogens with two attached hydrogens (primary N) is 1. The number of hydrogen-bond donors (Lipinski definition) is 6. The molecule has 19 heteroatoms. The average Bonchev–Trinajstić information content (AvgIpc) is 3.78. The van der Waals surface area contributed by atoms with E-state index in [4.69, 9.17) is 10.9 Å². The fourth-order valence-corrected chi connectivity index (χ4v) is 7.81. The van der Waals surface area contributed by atoms with Crippen molar-refractivity contribution in [2.75, 3.05) is 19.6 Å². The van der Waals surface area contributed by atoms with Crippen molar-refractivity contribution in [2.45, 2.75) is 50.0 Å². The first-order valence-electron chi connectivity index (χ1n) is 13.7. The lowest BCUT2D eigenvalue weighted by atomic mass is 10.1. The third-order valence-electron chi connectivity index (χ3n) is 7.65. The van der Waals surface area contributed by atoms with Gasteiger partial charge < -0.3 is 31.5 Å². The zero-order valence-electron chi connectivity index (χ0n) is 23.5. The summed E-state index contributed by atoms with van der Waals surface area (Å²) in [4.78, 5) is 36.8. The predicted molar refractivity (Wildman–Crippen MR) is 157 cm³/mol. The van der Waals surface area contributed by atoms with Crippen molar-refractivity contribution in [1.29, 1.82) is 0 Å². The molecule has 5 heterocycles. The van der Waals surface area contributed by atoms with E-state index in [2.05, 4.69) is 53.3 Å². The number of hydrogen-bond acceptors (Lipinski definition) is 12. The number of fused-ring (bicyclic) bond motifs is 2. The Morgan fingerprint density at radius 1 is 1.27 bits per heavy atom. The number of sulfonamides is 1. The first-order valence-corrected chi connectivity index (χ1v) is 16.0. The highest BCUT2D eigenvalue weighted by Crippen LogP contribution is 2.29. The number of H-pyrrole nitrogens is 2. The van der Waals surface area contributed by atoms with E-state index in [9.17, 15) is 18.0 Å². The van der Waals surface area contributed by atoms with Crippen molar-refractivity contribution >= 4 is 49.9 Å². The fourth-order valence-electron chi connectivity index (χ4n) is 5.33. The topological polar surface area (TPSA) is 241 Å². The lowest BCUT2D eigenvalue weighted by molar-refractivity contribution is -0.122. The molecule has 6 rings (SSSR count). The van der Waals surface area contributed by atoms with Gasteiger partial charge >= 0.3 is 0 Å². The molecule has 2 amide bonds. The number of piperazine rings is 1. The summed E-state index contributed by atoms with van der Waals surface area (Å²) in [5.74, 6) is -0.573. The van der Waals surface area contributed by atoms with Gasteiger partial charge in [-0.1, -0.05) is 10.4 Å². The second-order valence-electron chi connectivity index (χ2n) is 10.6. The molecule has 0 radical (unpaired) electrons. The number of nitrogens with zero attached hydrogens (tertiary/aromatic N) is 7. The molecule has 2 aliphatic heterocycles. The molecule has 17 nitrogen and oxygen atoms in total. The number of thiazole rings is 1. The van der Waals surface area contributed by atoms with Crippen LogP contribution in [-0.4, -0.2) is 103 Å². The number of rotatable bonds is 8. The summed E-state index contributed by atoms with van der Waals surface area (Å²) in [5, 5.41) is 32.3. The molecule has 7 N–H and O–H groups in total. The van der Waals surface area contributed by atoms with Crippen molar-refractivity contribution in [3.8, 4) is 0 Å². The quantitative estimate of drug-likeness (QED) is 0.0619. The Kier molecular flexibility index (Phi) is 8.01. The van der Waals surface area contributed by atoms with Crippen LogP contribution < -0.4 is 16.4 Å². The summed E-state index contributed by atoms with van der Waals surface area (Å²) in [6.07, 6.45) is 0.549. The number of carbonyl (C=O) groups is 2. The maximum atomic E-state index is 13.8. The molecule has 44 heavy (non-hydrogen) atoms. The zero-order valence-corrected chi connectivity index (χ0v) is 25.2. The van der Waals surface area contributed by atoms with Gasteiger partial charge in [0.2, 0.25) is 5.91 Å². The first kappa shape index (κ1) is 29.6. The van der Waals surface area contributed by atoms with Crippen LogP contribution in [0, 0.1) is 0 Å². The minimum Gasteiger partial charge on any atom is -0.409 e. The zero-order chi connectivity index (χ0) is 31.0. The van der Waals surface area contributed by atoms with Crippen molar-refractivity contribution < 1.29 is 23.2 Å². The number of oxime groups is 1. The number of aromatic nitrogens is 6. The van der Waals surface area contributed by atoms with E-state index >= 15 is 0 Å².